The minimum Gasteiger partial charge on any atom is -0.0623 e. The number of nitrogens with zero attached hydrogens (tertiary/aromatic N) is 2. The van der Waals surface area contributed by atoms with Crippen molar-refractivity contribution in [1.29, 1.82) is 0 Å². The van der Waals surface area contributed by atoms with Gasteiger partial charge in [-0.2, -0.15) is 6.67 Å². The number of hydrogen-bond donors (Lipinski definition) is 0. The number of halogens is 2. The maximum atomic E-state index is 11.0. The minimum atomic E-state index is -1.61. The number of benzene rings is 3. The second-order valence-corrected chi connectivity index (χ2v) is 34.9. The second kappa shape index (κ2) is 50.6. The number of cyclic esters (lactones) is 1. The molecule has 10 nitrogen and oxygen atoms in total. The molecule has 534 valence electrons. The molecular weight excluding hydrogens is 1360 g/mol. The monoisotopic (exact) mass is 1470 g/mol. The molecule has 0 spiro atoms. The topological polar surface area (TPSA) is 112 Å². The Morgan fingerprint density at radius 3 is 1.61 bits per heavy atom. The van der Waals surface area contributed by atoms with Gasteiger partial charge < -0.3 is 28.7 Å². The number of carbonyl (C=O) groups is 4. The standard InChI is InChI=1S/C27H35N2.C18H33P.C13H18O4.C10H12O4.C7H6.C6H6.C2H6.2ClH.Ru/c1-20(2)23-14-8-10-16-25(23)28-18-27(22-12-6-5-7-13-22)29(19-28)26-17-11-9-15-24(26)21(3)4;1-4-10-16(11-5-1)19(17-12-6-2-7-13-17)18-14-8-3-9-15-18;1-4-7-12(14)16-9-11(6-3)10-17-13(15)8-5-2;1-2-3-9(11)13-6-8-4-5-10(12)14-7-8;1-7-5-3-2-4-6-7;1-2-4-6-5-3-1;1-2;;;/h5-9,11-14,17,19-21,24,27H,10,15-16,18H2,1-4H3;16-18H,1-15H2;4-8,11H,3,9-10H2,1-2H3;2-5,8H,6-7H2,1H3;1-6H;1-6H;1-2H3;2*1H;/q-1;;;;;;;;;+2/p-1/b;;7-4+,8-5+;3-2+;;;;;;/t24?,27-;;;;;;;;;/m0........./s1. The Balaban J connectivity index is 0.000000260. The van der Waals surface area contributed by atoms with E-state index in [1.807, 2.05) is 85.2 Å². The van der Waals surface area contributed by atoms with Crippen molar-refractivity contribution in [2.45, 2.75) is 201 Å². The van der Waals surface area contributed by atoms with Crippen LogP contribution in [0.15, 0.2) is 206 Å². The first-order valence-electron chi connectivity index (χ1n) is 36.0. The maximum Gasteiger partial charge on any atom is -0.0623 e. The Morgan fingerprint density at radius 1 is 0.680 bits per heavy atom. The largest absolute Gasteiger partial charge is 0.0623 e. The van der Waals surface area contributed by atoms with Crippen LogP contribution in [0.25, 0.3) is 0 Å². The molecule has 14 heteroatoms. The molecular formula is C83H117Cl2N2O8PRu. The van der Waals surface area contributed by atoms with Crippen LogP contribution in [-0.2, 0) is 51.6 Å². The summed E-state index contributed by atoms with van der Waals surface area (Å²) in [6.45, 7) is 26.4. The normalized spacial score (nSPS) is 19.7. The third-order valence-electron chi connectivity index (χ3n) is 18.0. The first-order chi connectivity index (χ1) is 47.1. The van der Waals surface area contributed by atoms with E-state index >= 15 is 0 Å². The molecule has 3 aromatic carbocycles. The molecule has 3 aromatic rings. The van der Waals surface area contributed by atoms with Crippen LogP contribution in [0.2, 0.25) is 0 Å². The van der Waals surface area contributed by atoms with Crippen LogP contribution >= 0.6 is 27.3 Å². The van der Waals surface area contributed by atoms with Gasteiger partial charge in [0.1, 0.15) is 26.4 Å². The van der Waals surface area contributed by atoms with Gasteiger partial charge in [0.15, 0.2) is 0 Å². The van der Waals surface area contributed by atoms with Crippen LogP contribution < -0.4 is 0 Å². The SMILES string of the molecule is C/C=C/C(=O)OCC1C=CC(=O)OC1.C1CCC([PH+](C2CCCCC2)C2CCCCC2)CC1.C=CC(COC(=O)/C=C/C)COC(=O)/C=C/C.CC.CC(C)C1=C(N2[CH-]N(C3=CC=CCC3C(C)C)[C@H](c3ccccc3)C2)CCC=C1.[Cl][Ru]([Cl])=[CH]c1ccccc1.c1ccccc1. The molecule has 0 amide bonds. The summed E-state index contributed by atoms with van der Waals surface area (Å²) in [6, 6.07) is 33.3. The number of ether oxygens (including phenoxy) is 4. The summed E-state index contributed by atoms with van der Waals surface area (Å²) in [6.07, 6.45) is 52.2. The zero-order valence-electron chi connectivity index (χ0n) is 59.9. The average molecular weight is 1470 g/mol. The number of carbonyl (C=O) groups excluding carboxylic acids is 4. The summed E-state index contributed by atoms with van der Waals surface area (Å²) in [5.41, 5.74) is 10.7. The van der Waals surface area contributed by atoms with Crippen LogP contribution in [-0.4, -0.2) is 88.2 Å². The summed E-state index contributed by atoms with van der Waals surface area (Å²) in [5.74, 6) is -0.0165. The zero-order valence-corrected chi connectivity index (χ0v) is 64.2. The van der Waals surface area contributed by atoms with Gasteiger partial charge >= 0.3 is 97.3 Å². The van der Waals surface area contributed by atoms with Gasteiger partial charge in [-0.15, -0.1) is 6.58 Å². The number of esters is 4. The third kappa shape index (κ3) is 32.9. The van der Waals surface area contributed by atoms with Gasteiger partial charge in [0.2, 0.25) is 0 Å². The van der Waals surface area contributed by atoms with Crippen molar-refractivity contribution in [3.8, 4) is 0 Å². The van der Waals surface area contributed by atoms with Crippen molar-refractivity contribution in [2.24, 2.45) is 29.6 Å². The van der Waals surface area contributed by atoms with Crippen molar-refractivity contribution in [2.75, 3.05) is 33.0 Å². The van der Waals surface area contributed by atoms with Crippen LogP contribution in [0.3, 0.4) is 0 Å². The van der Waals surface area contributed by atoms with E-state index in [0.717, 1.165) is 31.4 Å². The third-order valence-corrected chi connectivity index (χ3v) is 24.4. The summed E-state index contributed by atoms with van der Waals surface area (Å²) >= 11 is -1.61. The Bertz CT molecular complexity index is 2890. The van der Waals surface area contributed by atoms with E-state index in [2.05, 4.69) is 111 Å². The van der Waals surface area contributed by atoms with Crippen molar-refractivity contribution < 1.29 is 51.6 Å². The molecule has 2 aliphatic heterocycles. The first-order valence-corrected chi connectivity index (χ1v) is 43.2. The molecule has 0 aromatic heterocycles. The molecule has 3 saturated carbocycles. The number of rotatable bonds is 19. The van der Waals surface area contributed by atoms with Gasteiger partial charge in [0.05, 0.1) is 17.0 Å². The molecule has 7 aliphatic rings. The molecule has 3 atom stereocenters. The molecule has 4 fully saturated rings. The summed E-state index contributed by atoms with van der Waals surface area (Å²) in [4.78, 5) is 48.7. The summed E-state index contributed by atoms with van der Waals surface area (Å²) in [5, 5.41) is 0. The molecule has 10 rings (SSSR count). The average Bonchev–Trinajstić information content (AvgIpc) is 1.64. The Kier molecular flexibility index (Phi) is 43.7. The van der Waals surface area contributed by atoms with E-state index in [4.69, 9.17) is 38.3 Å². The molecule has 2 heterocycles. The Hall–Kier alpha value is -5.70. The predicted molar refractivity (Wildman–Crippen MR) is 407 cm³/mol. The summed E-state index contributed by atoms with van der Waals surface area (Å²) in [7, 11) is 11.3. The number of allylic oxidation sites excluding steroid dienone is 11. The second-order valence-electron chi connectivity index (χ2n) is 25.7. The van der Waals surface area contributed by atoms with Gasteiger partial charge in [-0.25, -0.2) is 19.2 Å². The smallest absolute Gasteiger partial charge is 0.0623 e. The van der Waals surface area contributed by atoms with E-state index in [1.165, 1.54) is 63.8 Å². The molecule has 0 radical (unpaired) electrons. The molecule has 2 unspecified atom stereocenters. The molecule has 0 N–H and O–H groups in total. The molecule has 97 heavy (non-hydrogen) atoms. The van der Waals surface area contributed by atoms with Gasteiger partial charge in [-0.3, -0.25) is 0 Å². The van der Waals surface area contributed by atoms with E-state index < -0.39 is 25.5 Å². The van der Waals surface area contributed by atoms with Gasteiger partial charge in [0.25, 0.3) is 0 Å². The molecule has 1 saturated heterocycles. The van der Waals surface area contributed by atoms with Crippen molar-refractivity contribution >= 4 is 55.8 Å². The Morgan fingerprint density at radius 2 is 1.16 bits per heavy atom. The van der Waals surface area contributed by atoms with Crippen LogP contribution in [0.4, 0.5) is 0 Å². The van der Waals surface area contributed by atoms with Gasteiger partial charge in [0, 0.05) is 62.6 Å². The number of hydrogen-bond acceptors (Lipinski definition) is 10. The molecule has 0 bridgehead atoms. The Labute approximate surface area is 600 Å². The quantitative estimate of drug-likeness (QED) is 0.0219. The van der Waals surface area contributed by atoms with Crippen LogP contribution in [0.1, 0.15) is 195 Å². The molecule has 5 aliphatic carbocycles. The van der Waals surface area contributed by atoms with E-state index in [9.17, 15) is 19.2 Å². The van der Waals surface area contributed by atoms with E-state index in [-0.39, 0.29) is 58.1 Å². The fraction of sp³-hybridized carbons (Fsp3) is 0.494. The van der Waals surface area contributed by atoms with Crippen LogP contribution in [0.5, 0.6) is 0 Å². The zero-order chi connectivity index (χ0) is 70.4. The van der Waals surface area contributed by atoms with Crippen molar-refractivity contribution in [3.63, 3.8) is 0 Å². The van der Waals surface area contributed by atoms with Gasteiger partial charge in [-0.1, -0.05) is 182 Å². The van der Waals surface area contributed by atoms with E-state index in [1.54, 1.807) is 147 Å². The fourth-order valence-electron chi connectivity index (χ4n) is 13.2. The van der Waals surface area contributed by atoms with Crippen molar-refractivity contribution in [3.05, 3.63) is 223 Å². The minimum absolute atomic E-state index is 0.0260. The van der Waals surface area contributed by atoms with E-state index in [0.29, 0.717) is 23.8 Å². The predicted octanol–water partition coefficient (Wildman–Crippen LogP) is 21.4. The van der Waals surface area contributed by atoms with Crippen LogP contribution in [0, 0.1) is 36.3 Å². The van der Waals surface area contributed by atoms with Crippen molar-refractivity contribution in [1.82, 2.24) is 9.80 Å². The fourth-order valence-corrected chi connectivity index (χ4v) is 20.2. The first kappa shape index (κ1) is 83.7. The maximum absolute atomic E-state index is 11.0. The summed E-state index contributed by atoms with van der Waals surface area (Å²) < 4.78 is 21.4. The van der Waals surface area contributed by atoms with Gasteiger partial charge in [-0.05, 0) is 158 Å².